The van der Waals surface area contributed by atoms with Crippen LogP contribution in [0.5, 0.6) is 0 Å². The van der Waals surface area contributed by atoms with E-state index in [0.29, 0.717) is 69.9 Å². The Morgan fingerprint density at radius 3 is 2.39 bits per heavy atom. The molecule has 0 spiro atoms. The van der Waals surface area contributed by atoms with Crippen LogP contribution >= 0.6 is 0 Å². The van der Waals surface area contributed by atoms with Crippen LogP contribution in [0.2, 0.25) is 0 Å². The molecule has 1 saturated carbocycles. The largest absolute Gasteiger partial charge is 0.457 e. The molecule has 310 valence electrons. The molecule has 2 unspecified atom stereocenters. The molecule has 14 nitrogen and oxygen atoms in total. The van der Waals surface area contributed by atoms with Gasteiger partial charge in [-0.05, 0) is 68.2 Å². The topological polar surface area (TPSA) is 164 Å². The van der Waals surface area contributed by atoms with Gasteiger partial charge >= 0.3 is 12.0 Å². The van der Waals surface area contributed by atoms with E-state index in [1.807, 2.05) is 35.2 Å². The number of hydrogen-bond donors (Lipinski definition) is 2. The summed E-state index contributed by atoms with van der Waals surface area (Å²) >= 11 is 0. The summed E-state index contributed by atoms with van der Waals surface area (Å²) in [7, 11) is 0. The standard InChI is InChI=1S/C43H60N6O8/c1-3-4-23-44-41(51)40(35-16-10-6-11-17-35)48(26-25-46-27-29-56-30-28-46)37(50)18-12-7-13-24-47-32(2)38(42(52)57-31-33-14-8-5-9-15-33)39(45-43(47)53)34-19-21-36(22-20-34)49(54)55/h5,8-9,14-15,19-22,35,39-40H,3-4,6-7,10-13,16-18,23-31H2,1-2H3,(H,44,51)(H,45,53). The molecule has 0 radical (unpaired) electrons. The Morgan fingerprint density at radius 1 is 0.982 bits per heavy atom. The zero-order valence-electron chi connectivity index (χ0n) is 33.6. The third kappa shape index (κ3) is 12.3. The third-order valence-corrected chi connectivity index (χ3v) is 11.4. The molecule has 1 saturated heterocycles. The number of nitro benzene ring substituents is 1. The zero-order chi connectivity index (χ0) is 40.6. The lowest BCUT2D eigenvalue weighted by molar-refractivity contribution is -0.384. The van der Waals surface area contributed by atoms with Crippen molar-refractivity contribution in [2.75, 3.05) is 52.5 Å². The number of nitrogens with one attached hydrogen (secondary N) is 2. The molecule has 0 aromatic heterocycles. The Morgan fingerprint density at radius 2 is 1.70 bits per heavy atom. The number of carbonyl (C=O) groups excluding carboxylic acids is 4. The average molecular weight is 789 g/mol. The molecule has 2 aromatic carbocycles. The average Bonchev–Trinajstić information content (AvgIpc) is 3.23. The van der Waals surface area contributed by atoms with E-state index in [4.69, 9.17) is 9.47 Å². The Kier molecular flexibility index (Phi) is 16.9. The number of unbranched alkanes of at least 4 members (excludes halogenated alkanes) is 3. The van der Waals surface area contributed by atoms with Gasteiger partial charge in [-0.15, -0.1) is 0 Å². The number of benzene rings is 2. The quantitative estimate of drug-likeness (QED) is 0.0682. The molecule has 57 heavy (non-hydrogen) atoms. The van der Waals surface area contributed by atoms with E-state index >= 15 is 0 Å². The highest BCUT2D eigenvalue weighted by atomic mass is 16.6. The molecule has 2 fully saturated rings. The summed E-state index contributed by atoms with van der Waals surface area (Å²) in [6, 6.07) is 13.3. The SMILES string of the molecule is CCCCNC(=O)C(C1CCCCC1)N(CCN1CCOCC1)C(=O)CCCCCN1C(=O)NC(c2ccc([N+](=O)[O-])cc2)C(C(=O)OCc2ccccc2)=C1C. The highest BCUT2D eigenvalue weighted by molar-refractivity contribution is 5.95. The summed E-state index contributed by atoms with van der Waals surface area (Å²) in [5.41, 5.74) is 1.91. The third-order valence-electron chi connectivity index (χ3n) is 11.4. The van der Waals surface area contributed by atoms with Gasteiger partial charge in [0, 0.05) is 63.5 Å². The van der Waals surface area contributed by atoms with Gasteiger partial charge in [-0.25, -0.2) is 9.59 Å². The highest BCUT2D eigenvalue weighted by Gasteiger charge is 2.38. The zero-order valence-corrected chi connectivity index (χ0v) is 33.6. The first-order valence-electron chi connectivity index (χ1n) is 20.8. The molecule has 3 aliphatic rings. The summed E-state index contributed by atoms with van der Waals surface area (Å²) in [4.78, 5) is 71.7. The van der Waals surface area contributed by atoms with Gasteiger partial charge in [-0.1, -0.05) is 69.4 Å². The number of amides is 4. The number of urea groups is 1. The number of esters is 1. The molecule has 2 aromatic rings. The van der Waals surface area contributed by atoms with Crippen LogP contribution in [0.1, 0.15) is 102 Å². The molecule has 2 aliphatic heterocycles. The van der Waals surface area contributed by atoms with Gasteiger partial charge in [0.1, 0.15) is 12.6 Å². The van der Waals surface area contributed by atoms with Crippen molar-refractivity contribution in [3.8, 4) is 0 Å². The minimum Gasteiger partial charge on any atom is -0.457 e. The monoisotopic (exact) mass is 788 g/mol. The maximum absolute atomic E-state index is 14.1. The Bertz CT molecular complexity index is 1670. The number of ether oxygens (including phenoxy) is 2. The van der Waals surface area contributed by atoms with Crippen LogP contribution in [0.4, 0.5) is 10.5 Å². The molecule has 4 amide bonds. The van der Waals surface area contributed by atoms with Crippen LogP contribution in [0.25, 0.3) is 0 Å². The fraction of sp³-hybridized carbons (Fsp3) is 0.581. The van der Waals surface area contributed by atoms with Crippen molar-refractivity contribution >= 4 is 29.5 Å². The lowest BCUT2D eigenvalue weighted by Gasteiger charge is -2.39. The van der Waals surface area contributed by atoms with Crippen LogP contribution in [0.3, 0.4) is 0 Å². The number of hydrogen-bond acceptors (Lipinski definition) is 9. The maximum Gasteiger partial charge on any atom is 0.338 e. The smallest absolute Gasteiger partial charge is 0.338 e. The first-order chi connectivity index (χ1) is 27.7. The number of nitro groups is 1. The van der Waals surface area contributed by atoms with E-state index < -0.39 is 29.0 Å². The molecule has 2 heterocycles. The van der Waals surface area contributed by atoms with Gasteiger partial charge < -0.3 is 25.0 Å². The molecule has 0 bridgehead atoms. The van der Waals surface area contributed by atoms with Crippen LogP contribution in [0, 0.1) is 16.0 Å². The molecule has 1 aliphatic carbocycles. The first kappa shape index (κ1) is 43.3. The summed E-state index contributed by atoms with van der Waals surface area (Å²) in [5.74, 6) is -0.539. The lowest BCUT2D eigenvalue weighted by Crippen LogP contribution is -2.56. The predicted molar refractivity (Wildman–Crippen MR) is 216 cm³/mol. The summed E-state index contributed by atoms with van der Waals surface area (Å²) < 4.78 is 11.3. The highest BCUT2D eigenvalue weighted by Crippen LogP contribution is 2.33. The molecule has 14 heteroatoms. The number of morpholine rings is 1. The Labute approximate surface area is 336 Å². The second kappa shape index (κ2) is 22.2. The van der Waals surface area contributed by atoms with E-state index in [-0.39, 0.29) is 42.0 Å². The van der Waals surface area contributed by atoms with Gasteiger partial charge in [0.25, 0.3) is 5.69 Å². The van der Waals surface area contributed by atoms with Crippen molar-refractivity contribution in [1.29, 1.82) is 0 Å². The van der Waals surface area contributed by atoms with Crippen molar-refractivity contribution in [3.05, 3.63) is 87.1 Å². The fourth-order valence-corrected chi connectivity index (χ4v) is 8.07. The van der Waals surface area contributed by atoms with Crippen LogP contribution in [-0.2, 0) is 30.5 Å². The van der Waals surface area contributed by atoms with Gasteiger partial charge in [0.2, 0.25) is 11.8 Å². The molecule has 2 N–H and O–H groups in total. The fourth-order valence-electron chi connectivity index (χ4n) is 8.07. The number of non-ortho nitro benzene ring substituents is 1. The maximum atomic E-state index is 14.1. The summed E-state index contributed by atoms with van der Waals surface area (Å²) in [6.07, 6.45) is 9.11. The van der Waals surface area contributed by atoms with Crippen LogP contribution in [0.15, 0.2) is 65.9 Å². The number of rotatable bonds is 20. The second-order valence-corrected chi connectivity index (χ2v) is 15.3. The minimum absolute atomic E-state index is 0.0225. The van der Waals surface area contributed by atoms with Gasteiger partial charge in [0.15, 0.2) is 0 Å². The summed E-state index contributed by atoms with van der Waals surface area (Å²) in [6.45, 7) is 8.85. The van der Waals surface area contributed by atoms with Gasteiger partial charge in [-0.3, -0.25) is 29.5 Å². The van der Waals surface area contributed by atoms with E-state index in [1.54, 1.807) is 6.92 Å². The molecular formula is C43H60N6O8. The van der Waals surface area contributed by atoms with Crippen molar-refractivity contribution in [1.82, 2.24) is 25.3 Å². The van der Waals surface area contributed by atoms with Crippen LogP contribution < -0.4 is 10.6 Å². The van der Waals surface area contributed by atoms with Gasteiger partial charge in [-0.2, -0.15) is 0 Å². The predicted octanol–water partition coefficient (Wildman–Crippen LogP) is 6.26. The number of carbonyl (C=O) groups is 4. The van der Waals surface area contributed by atoms with E-state index in [0.717, 1.165) is 63.6 Å². The molecular weight excluding hydrogens is 729 g/mol. The first-order valence-corrected chi connectivity index (χ1v) is 20.8. The summed E-state index contributed by atoms with van der Waals surface area (Å²) in [5, 5.41) is 17.4. The molecule has 2 atom stereocenters. The normalized spacial score (nSPS) is 18.5. The van der Waals surface area contributed by atoms with Gasteiger partial charge in [0.05, 0.1) is 29.8 Å². The van der Waals surface area contributed by atoms with E-state index in [9.17, 15) is 29.3 Å². The molecule has 5 rings (SSSR count). The number of allylic oxidation sites excluding steroid dienone is 1. The van der Waals surface area contributed by atoms with E-state index in [2.05, 4.69) is 22.5 Å². The van der Waals surface area contributed by atoms with Crippen molar-refractivity contribution in [2.45, 2.75) is 103 Å². The second-order valence-electron chi connectivity index (χ2n) is 15.3. The lowest BCUT2D eigenvalue weighted by atomic mass is 9.82. The van der Waals surface area contributed by atoms with E-state index in [1.165, 1.54) is 29.2 Å². The van der Waals surface area contributed by atoms with Crippen molar-refractivity contribution in [3.63, 3.8) is 0 Å². The van der Waals surface area contributed by atoms with Crippen LogP contribution in [-0.4, -0.2) is 102 Å². The number of nitrogens with zero attached hydrogens (tertiary/aromatic N) is 4. The Hall–Kier alpha value is -4.82. The Balaban J connectivity index is 1.26. The van der Waals surface area contributed by atoms with Crippen molar-refractivity contribution < 1.29 is 33.6 Å². The minimum atomic E-state index is -0.866. The van der Waals surface area contributed by atoms with Crippen molar-refractivity contribution in [2.24, 2.45) is 5.92 Å².